The Kier molecular flexibility index (Phi) is 6.17. The van der Waals surface area contributed by atoms with Crippen molar-refractivity contribution in [1.82, 2.24) is 0 Å². The molecule has 0 radical (unpaired) electrons. The van der Waals surface area contributed by atoms with Crippen molar-refractivity contribution < 1.29 is 4.39 Å². The lowest BCUT2D eigenvalue weighted by atomic mass is 10.0. The first-order valence-corrected chi connectivity index (χ1v) is 9.08. The predicted octanol–water partition coefficient (Wildman–Crippen LogP) is 5.07. The quantitative estimate of drug-likeness (QED) is 0.391. The van der Waals surface area contributed by atoms with Crippen LogP contribution in [0.4, 0.5) is 4.39 Å². The predicted molar refractivity (Wildman–Crippen MR) is 109 cm³/mol. The smallest absolute Gasteiger partial charge is 0.180 e. The Bertz CT molecular complexity index is 923. The van der Waals surface area contributed by atoms with Crippen molar-refractivity contribution in [3.63, 3.8) is 0 Å². The fourth-order valence-electron chi connectivity index (χ4n) is 2.38. The average Bonchev–Trinajstić information content (AvgIpc) is 2.67. The second kappa shape index (κ2) is 8.97. The highest BCUT2D eigenvalue weighted by atomic mass is 32.2. The Balaban J connectivity index is 1.64. The zero-order valence-corrected chi connectivity index (χ0v) is 14.9. The van der Waals surface area contributed by atoms with Gasteiger partial charge >= 0.3 is 0 Å². The van der Waals surface area contributed by atoms with Gasteiger partial charge in [0.2, 0.25) is 0 Å². The summed E-state index contributed by atoms with van der Waals surface area (Å²) in [5.74, 6) is 0.496. The monoisotopic (exact) mass is 363 g/mol. The summed E-state index contributed by atoms with van der Waals surface area (Å²) in [6.45, 7) is 0. The number of rotatable bonds is 5. The van der Waals surface area contributed by atoms with Crippen molar-refractivity contribution in [2.24, 2.45) is 15.9 Å². The summed E-state index contributed by atoms with van der Waals surface area (Å²) in [6, 6.07) is 24.2. The third kappa shape index (κ3) is 5.29. The van der Waals surface area contributed by atoms with Crippen LogP contribution in [0.15, 0.2) is 89.1 Å². The Morgan fingerprint density at radius 3 is 2.42 bits per heavy atom. The minimum Gasteiger partial charge on any atom is -0.377 e. The largest absolute Gasteiger partial charge is 0.377 e. The van der Waals surface area contributed by atoms with Gasteiger partial charge in [-0.05, 0) is 40.5 Å². The molecule has 0 aromatic heterocycles. The normalized spacial score (nSPS) is 11.8. The van der Waals surface area contributed by atoms with Crippen LogP contribution in [0.1, 0.15) is 11.1 Å². The first kappa shape index (κ1) is 17.9. The second-order valence-corrected chi connectivity index (χ2v) is 6.59. The van der Waals surface area contributed by atoms with Crippen LogP contribution in [0.25, 0.3) is 11.1 Å². The van der Waals surface area contributed by atoms with Crippen LogP contribution in [-0.4, -0.2) is 11.4 Å². The van der Waals surface area contributed by atoms with Gasteiger partial charge in [0.05, 0.1) is 6.21 Å². The number of amidine groups is 1. The zero-order chi connectivity index (χ0) is 18.2. The summed E-state index contributed by atoms with van der Waals surface area (Å²) in [7, 11) is 0. The first-order valence-electron chi connectivity index (χ1n) is 8.10. The van der Waals surface area contributed by atoms with E-state index < -0.39 is 0 Å². The maximum absolute atomic E-state index is 13.4. The van der Waals surface area contributed by atoms with Crippen LogP contribution < -0.4 is 5.73 Å². The Hall–Kier alpha value is -2.92. The lowest BCUT2D eigenvalue weighted by Crippen LogP contribution is -2.05. The molecule has 0 amide bonds. The van der Waals surface area contributed by atoms with Crippen molar-refractivity contribution in [3.8, 4) is 11.1 Å². The van der Waals surface area contributed by atoms with Gasteiger partial charge in [0.1, 0.15) is 5.82 Å². The van der Waals surface area contributed by atoms with Crippen LogP contribution in [-0.2, 0) is 5.75 Å². The van der Waals surface area contributed by atoms with E-state index in [1.807, 2.05) is 60.7 Å². The third-order valence-electron chi connectivity index (χ3n) is 3.64. The molecule has 3 aromatic carbocycles. The van der Waals surface area contributed by atoms with Gasteiger partial charge in [-0.2, -0.15) is 5.10 Å². The SMILES string of the molecule is NC(=NN=Cc1cccc(-c2cccc(F)c2)c1)SCc1ccccc1. The maximum atomic E-state index is 13.4. The molecular weight excluding hydrogens is 345 g/mol. The van der Waals surface area contributed by atoms with Crippen LogP contribution >= 0.6 is 11.8 Å². The summed E-state index contributed by atoms with van der Waals surface area (Å²) in [6.07, 6.45) is 1.64. The van der Waals surface area contributed by atoms with E-state index in [4.69, 9.17) is 5.73 Å². The molecule has 0 fully saturated rings. The molecule has 0 bridgehead atoms. The number of hydrogen-bond donors (Lipinski definition) is 1. The van der Waals surface area contributed by atoms with Crippen LogP contribution in [0, 0.1) is 5.82 Å². The van der Waals surface area contributed by atoms with E-state index in [1.54, 1.807) is 12.3 Å². The molecule has 0 saturated heterocycles. The average molecular weight is 363 g/mol. The molecule has 5 heteroatoms. The van der Waals surface area contributed by atoms with Crippen molar-refractivity contribution in [2.45, 2.75) is 5.75 Å². The number of hydrogen-bond acceptors (Lipinski definition) is 3. The molecule has 0 aliphatic rings. The van der Waals surface area contributed by atoms with Crippen molar-refractivity contribution in [2.75, 3.05) is 0 Å². The van der Waals surface area contributed by atoms with E-state index in [9.17, 15) is 4.39 Å². The first-order chi connectivity index (χ1) is 12.7. The van der Waals surface area contributed by atoms with Gasteiger partial charge in [-0.15, -0.1) is 5.10 Å². The van der Waals surface area contributed by atoms with Crippen LogP contribution in [0.3, 0.4) is 0 Å². The van der Waals surface area contributed by atoms with E-state index >= 15 is 0 Å². The number of thioether (sulfide) groups is 1. The second-order valence-electron chi connectivity index (χ2n) is 5.59. The van der Waals surface area contributed by atoms with Crippen molar-refractivity contribution in [3.05, 3.63) is 95.8 Å². The summed E-state index contributed by atoms with van der Waals surface area (Å²) in [5, 5.41) is 8.48. The van der Waals surface area contributed by atoms with E-state index in [2.05, 4.69) is 10.2 Å². The van der Waals surface area contributed by atoms with E-state index in [0.29, 0.717) is 5.17 Å². The summed E-state index contributed by atoms with van der Waals surface area (Å²) in [4.78, 5) is 0. The van der Waals surface area contributed by atoms with Crippen LogP contribution in [0.2, 0.25) is 0 Å². The summed E-state index contributed by atoms with van der Waals surface area (Å²) < 4.78 is 13.4. The fraction of sp³-hybridized carbons (Fsp3) is 0.0476. The molecule has 26 heavy (non-hydrogen) atoms. The van der Waals surface area contributed by atoms with Gasteiger partial charge < -0.3 is 5.73 Å². The molecule has 0 aliphatic heterocycles. The number of nitrogens with zero attached hydrogens (tertiary/aromatic N) is 2. The van der Waals surface area contributed by atoms with Gasteiger partial charge in [0.15, 0.2) is 5.17 Å². The maximum Gasteiger partial charge on any atom is 0.180 e. The van der Waals surface area contributed by atoms with E-state index in [0.717, 1.165) is 22.4 Å². The summed E-state index contributed by atoms with van der Waals surface area (Å²) >= 11 is 1.44. The van der Waals surface area contributed by atoms with Crippen molar-refractivity contribution in [1.29, 1.82) is 0 Å². The molecule has 3 rings (SSSR count). The molecule has 0 aliphatic carbocycles. The van der Waals surface area contributed by atoms with Gasteiger partial charge in [-0.25, -0.2) is 4.39 Å². The molecule has 3 nitrogen and oxygen atoms in total. The molecule has 0 atom stereocenters. The Morgan fingerprint density at radius 2 is 1.65 bits per heavy atom. The van der Waals surface area contributed by atoms with Crippen molar-refractivity contribution >= 4 is 23.1 Å². The number of benzene rings is 3. The third-order valence-corrected chi connectivity index (χ3v) is 4.49. The standard InChI is InChI=1S/C21H18FN3S/c22-20-11-5-10-19(13-20)18-9-4-8-17(12-18)14-24-25-21(23)26-15-16-6-2-1-3-7-16/h1-14H,15H2,(H2,23,25). The molecule has 0 unspecified atom stereocenters. The molecule has 130 valence electrons. The fourth-order valence-corrected chi connectivity index (χ4v) is 2.99. The minimum absolute atomic E-state index is 0.255. The lowest BCUT2D eigenvalue weighted by Gasteiger charge is -2.03. The summed E-state index contributed by atoms with van der Waals surface area (Å²) in [5.41, 5.74) is 9.68. The lowest BCUT2D eigenvalue weighted by molar-refractivity contribution is 0.628. The molecule has 3 aromatic rings. The Morgan fingerprint density at radius 1 is 0.923 bits per heavy atom. The number of halogens is 1. The molecular formula is C21H18FN3S. The number of nitrogens with two attached hydrogens (primary N) is 1. The minimum atomic E-state index is -0.255. The van der Waals surface area contributed by atoms with Crippen LogP contribution in [0.5, 0.6) is 0 Å². The molecule has 0 heterocycles. The van der Waals surface area contributed by atoms with Gasteiger partial charge in [-0.1, -0.05) is 72.4 Å². The van der Waals surface area contributed by atoms with Gasteiger partial charge in [0.25, 0.3) is 0 Å². The van der Waals surface area contributed by atoms with E-state index in [-0.39, 0.29) is 5.82 Å². The molecule has 2 N–H and O–H groups in total. The highest BCUT2D eigenvalue weighted by Gasteiger charge is 2.00. The molecule has 0 saturated carbocycles. The highest BCUT2D eigenvalue weighted by Crippen LogP contribution is 2.20. The molecule has 0 spiro atoms. The Labute approximate surface area is 156 Å². The van der Waals surface area contributed by atoms with E-state index in [1.165, 1.54) is 29.5 Å². The van der Waals surface area contributed by atoms with Gasteiger partial charge in [0, 0.05) is 5.75 Å². The zero-order valence-electron chi connectivity index (χ0n) is 14.0. The topological polar surface area (TPSA) is 50.7 Å². The van der Waals surface area contributed by atoms with Gasteiger partial charge in [-0.3, -0.25) is 0 Å². The highest BCUT2D eigenvalue weighted by molar-refractivity contribution is 8.13.